The lowest BCUT2D eigenvalue weighted by atomic mass is 10.1. The highest BCUT2D eigenvalue weighted by molar-refractivity contribution is 7.93. The van der Waals surface area contributed by atoms with E-state index in [1.165, 1.54) is 21.3 Å². The van der Waals surface area contributed by atoms with Crippen molar-refractivity contribution in [2.75, 3.05) is 26.1 Å². The summed E-state index contributed by atoms with van der Waals surface area (Å²) in [5.74, 6) is 1.23. The maximum Gasteiger partial charge on any atom is 0.270 e. The molecule has 0 spiro atoms. The van der Waals surface area contributed by atoms with Crippen molar-refractivity contribution in [1.82, 2.24) is 14.9 Å². The van der Waals surface area contributed by atoms with Crippen LogP contribution in [0.4, 0.5) is 5.82 Å². The summed E-state index contributed by atoms with van der Waals surface area (Å²) < 4.78 is 53.1. The molecule has 11 heteroatoms. The molecule has 0 saturated heterocycles. The Bertz CT molecular complexity index is 1420. The highest BCUT2D eigenvalue weighted by Crippen LogP contribution is 2.46. The Balaban J connectivity index is 1.54. The Morgan fingerprint density at radius 1 is 1.06 bits per heavy atom. The molecule has 2 heterocycles. The second-order valence-corrected chi connectivity index (χ2v) is 9.66. The number of ether oxygens (including phenoxy) is 3. The Kier molecular flexibility index (Phi) is 5.56. The van der Waals surface area contributed by atoms with Crippen molar-refractivity contribution in [2.45, 2.75) is 30.2 Å². The van der Waals surface area contributed by atoms with Gasteiger partial charge in [-0.3, -0.25) is 9.40 Å². The fourth-order valence-electron chi connectivity index (χ4n) is 3.99. The van der Waals surface area contributed by atoms with Crippen molar-refractivity contribution in [1.29, 1.82) is 0 Å². The second-order valence-electron chi connectivity index (χ2n) is 8.04. The number of nitrogens with zero attached hydrogens (tertiary/aromatic N) is 3. The average molecular weight is 485 g/mol. The number of benzene rings is 2. The van der Waals surface area contributed by atoms with E-state index in [1.54, 1.807) is 35.1 Å². The van der Waals surface area contributed by atoms with Crippen LogP contribution in [0.25, 0.3) is 11.0 Å². The van der Waals surface area contributed by atoms with Crippen molar-refractivity contribution >= 4 is 26.8 Å². The van der Waals surface area contributed by atoms with Gasteiger partial charge in [0.1, 0.15) is 22.6 Å². The molecule has 5 rings (SSSR count). The first kappa shape index (κ1) is 22.1. The number of hydrogen-bond donors (Lipinski definition) is 1. The molecule has 2 aromatic carbocycles. The van der Waals surface area contributed by atoms with Gasteiger partial charge in [0.25, 0.3) is 10.0 Å². The van der Waals surface area contributed by atoms with Crippen molar-refractivity contribution < 1.29 is 27.2 Å². The van der Waals surface area contributed by atoms with Crippen LogP contribution in [0.1, 0.15) is 29.9 Å². The molecule has 0 bridgehead atoms. The molecule has 178 valence electrons. The summed E-state index contributed by atoms with van der Waals surface area (Å²) in [6, 6.07) is 8.90. The van der Waals surface area contributed by atoms with E-state index < -0.39 is 10.0 Å². The predicted molar refractivity (Wildman–Crippen MR) is 124 cm³/mol. The molecule has 0 unspecified atom stereocenters. The van der Waals surface area contributed by atoms with Crippen molar-refractivity contribution in [3.63, 3.8) is 0 Å². The van der Waals surface area contributed by atoms with Gasteiger partial charge in [-0.25, -0.2) is 8.42 Å². The van der Waals surface area contributed by atoms with Crippen molar-refractivity contribution in [2.24, 2.45) is 0 Å². The van der Waals surface area contributed by atoms with Crippen LogP contribution in [0.15, 0.2) is 52.1 Å². The molecule has 34 heavy (non-hydrogen) atoms. The molecular weight excluding hydrogens is 460 g/mol. The predicted octanol–water partition coefficient (Wildman–Crippen LogP) is 3.78. The van der Waals surface area contributed by atoms with E-state index in [0.717, 1.165) is 24.0 Å². The maximum absolute atomic E-state index is 13.5. The van der Waals surface area contributed by atoms with Gasteiger partial charge in [0, 0.05) is 12.4 Å². The number of aromatic nitrogens is 3. The van der Waals surface area contributed by atoms with E-state index in [0.29, 0.717) is 29.2 Å². The lowest BCUT2D eigenvalue weighted by Gasteiger charge is -2.16. The lowest BCUT2D eigenvalue weighted by molar-refractivity contribution is 0.372. The van der Waals surface area contributed by atoms with Gasteiger partial charge in [0.15, 0.2) is 16.3 Å². The summed E-state index contributed by atoms with van der Waals surface area (Å²) in [5, 5.41) is 8.58. The summed E-state index contributed by atoms with van der Waals surface area (Å²) in [6.45, 7) is 0.489. The van der Waals surface area contributed by atoms with Crippen LogP contribution in [0.3, 0.4) is 0 Å². The highest BCUT2D eigenvalue weighted by Gasteiger charge is 2.32. The summed E-state index contributed by atoms with van der Waals surface area (Å²) >= 11 is 0. The van der Waals surface area contributed by atoms with Crippen LogP contribution in [0.5, 0.6) is 17.2 Å². The van der Waals surface area contributed by atoms with Crippen LogP contribution < -0.4 is 18.9 Å². The Labute approximate surface area is 196 Å². The molecule has 0 aliphatic heterocycles. The number of methoxy groups -OCH3 is 3. The van der Waals surface area contributed by atoms with Crippen LogP contribution in [-0.2, 0) is 16.6 Å². The highest BCUT2D eigenvalue weighted by atomic mass is 32.2. The number of sulfonamides is 1. The zero-order valence-corrected chi connectivity index (χ0v) is 19.8. The van der Waals surface area contributed by atoms with Gasteiger partial charge in [0.05, 0.1) is 27.9 Å². The first-order valence-electron chi connectivity index (χ1n) is 10.7. The Morgan fingerprint density at radius 3 is 2.35 bits per heavy atom. The lowest BCUT2D eigenvalue weighted by Crippen LogP contribution is -2.16. The van der Waals surface area contributed by atoms with Gasteiger partial charge in [0.2, 0.25) is 0 Å². The average Bonchev–Trinajstić information content (AvgIpc) is 3.43. The first-order valence-corrected chi connectivity index (χ1v) is 12.1. The zero-order chi connectivity index (χ0) is 23.9. The number of nitrogens with one attached hydrogen (secondary N) is 1. The standard InChI is InChI=1S/C23H24N4O6S/c1-30-17-9-14(13-27-8-4-7-24-27)10-18-21(17)23(25-33-18)26-34(28,29)22-19(31-2)11-16(15-5-6-15)12-20(22)32-3/h4,7-12,15H,5-6,13H2,1-3H3,(H,25,26). The molecule has 1 fully saturated rings. The number of fused-ring (bicyclic) bond motifs is 1. The quantitative estimate of drug-likeness (QED) is 0.381. The minimum absolute atomic E-state index is 0.00728. The van der Waals surface area contributed by atoms with E-state index in [-0.39, 0.29) is 22.2 Å². The van der Waals surface area contributed by atoms with E-state index in [2.05, 4.69) is 15.0 Å². The van der Waals surface area contributed by atoms with Crippen LogP contribution in [0.2, 0.25) is 0 Å². The van der Waals surface area contributed by atoms with E-state index in [4.69, 9.17) is 18.7 Å². The molecule has 1 N–H and O–H groups in total. The van der Waals surface area contributed by atoms with Gasteiger partial charge in [-0.05, 0) is 60.2 Å². The fourth-order valence-corrected chi connectivity index (χ4v) is 5.30. The van der Waals surface area contributed by atoms with Gasteiger partial charge in [-0.2, -0.15) is 5.10 Å². The summed E-state index contributed by atoms with van der Waals surface area (Å²) in [4.78, 5) is -0.104. The largest absolute Gasteiger partial charge is 0.496 e. The minimum atomic E-state index is -4.15. The third kappa shape index (κ3) is 4.03. The van der Waals surface area contributed by atoms with E-state index in [1.807, 2.05) is 12.3 Å². The molecule has 10 nitrogen and oxygen atoms in total. The maximum atomic E-state index is 13.5. The molecule has 4 aromatic rings. The van der Waals surface area contributed by atoms with Gasteiger partial charge >= 0.3 is 0 Å². The summed E-state index contributed by atoms with van der Waals surface area (Å²) in [7, 11) is 0.211. The molecule has 0 radical (unpaired) electrons. The molecule has 2 aromatic heterocycles. The molecule has 0 amide bonds. The van der Waals surface area contributed by atoms with E-state index in [9.17, 15) is 8.42 Å². The first-order chi connectivity index (χ1) is 16.4. The van der Waals surface area contributed by atoms with Gasteiger partial charge in [-0.1, -0.05) is 5.16 Å². The van der Waals surface area contributed by atoms with E-state index >= 15 is 0 Å². The number of rotatable bonds is 9. The molecular formula is C23H24N4O6S. The monoisotopic (exact) mass is 484 g/mol. The van der Waals surface area contributed by atoms with Gasteiger partial charge in [-0.15, -0.1) is 0 Å². The summed E-state index contributed by atoms with van der Waals surface area (Å²) in [6.07, 6.45) is 5.65. The topological polar surface area (TPSA) is 118 Å². The third-order valence-electron chi connectivity index (χ3n) is 5.75. The smallest absolute Gasteiger partial charge is 0.270 e. The van der Waals surface area contributed by atoms with Crippen LogP contribution >= 0.6 is 0 Å². The second kappa shape index (κ2) is 8.56. The zero-order valence-electron chi connectivity index (χ0n) is 18.9. The number of anilines is 1. The number of hydrogen-bond acceptors (Lipinski definition) is 8. The van der Waals surface area contributed by atoms with Crippen molar-refractivity contribution in [3.05, 3.63) is 53.9 Å². The fraction of sp³-hybridized carbons (Fsp3) is 0.304. The van der Waals surface area contributed by atoms with Crippen molar-refractivity contribution in [3.8, 4) is 17.2 Å². The SMILES string of the molecule is COc1cc(C2CC2)cc(OC)c1S(=O)(=O)Nc1noc2cc(Cn3cccn3)cc(OC)c12. The van der Waals surface area contributed by atoms with Crippen LogP contribution in [0, 0.1) is 0 Å². The molecule has 1 aliphatic carbocycles. The minimum Gasteiger partial charge on any atom is -0.496 e. The van der Waals surface area contributed by atoms with Gasteiger partial charge < -0.3 is 18.7 Å². The normalized spacial score (nSPS) is 13.7. The molecule has 1 aliphatic rings. The summed E-state index contributed by atoms with van der Waals surface area (Å²) in [5.41, 5.74) is 2.23. The Morgan fingerprint density at radius 2 is 1.76 bits per heavy atom. The molecule has 1 saturated carbocycles. The molecule has 0 atom stereocenters. The van der Waals surface area contributed by atoms with Crippen LogP contribution in [-0.4, -0.2) is 44.7 Å². The third-order valence-corrected chi connectivity index (χ3v) is 7.15. The Hall–Kier alpha value is -3.73.